The van der Waals surface area contributed by atoms with Gasteiger partial charge in [-0.15, -0.1) is 12.4 Å². The lowest BCUT2D eigenvalue weighted by Gasteiger charge is -2.39. The molecule has 0 radical (unpaired) electrons. The van der Waals surface area contributed by atoms with Crippen molar-refractivity contribution in [3.05, 3.63) is 0 Å². The molecule has 2 aliphatic rings. The first kappa shape index (κ1) is 15.6. The van der Waals surface area contributed by atoms with Crippen molar-refractivity contribution in [2.24, 2.45) is 5.41 Å². The van der Waals surface area contributed by atoms with Crippen LogP contribution in [0, 0.1) is 5.41 Å². The van der Waals surface area contributed by atoms with Crippen LogP contribution >= 0.6 is 12.4 Å². The minimum atomic E-state index is -0.388. The summed E-state index contributed by atoms with van der Waals surface area (Å²) in [4.78, 5) is 13.8. The topological polar surface area (TPSA) is 41.6 Å². The summed E-state index contributed by atoms with van der Waals surface area (Å²) < 4.78 is 5.40. The van der Waals surface area contributed by atoms with Gasteiger partial charge in [0.15, 0.2) is 0 Å². The molecule has 1 N–H and O–H groups in total. The molecule has 0 aromatic carbocycles. The third kappa shape index (κ3) is 3.75. The molecule has 2 aliphatic heterocycles. The van der Waals surface area contributed by atoms with E-state index in [-0.39, 0.29) is 24.1 Å². The van der Waals surface area contributed by atoms with Crippen LogP contribution in [0.15, 0.2) is 0 Å². The monoisotopic (exact) mass is 276 g/mol. The van der Waals surface area contributed by atoms with E-state index in [4.69, 9.17) is 4.74 Å². The minimum Gasteiger partial charge on any atom is -0.444 e. The zero-order valence-electron chi connectivity index (χ0n) is 11.6. The summed E-state index contributed by atoms with van der Waals surface area (Å²) in [6, 6.07) is 0. The van der Waals surface area contributed by atoms with E-state index in [0.717, 1.165) is 39.0 Å². The quantitative estimate of drug-likeness (QED) is 0.739. The Labute approximate surface area is 116 Å². The van der Waals surface area contributed by atoms with Gasteiger partial charge in [-0.1, -0.05) is 0 Å². The van der Waals surface area contributed by atoms with Gasteiger partial charge in [0.1, 0.15) is 5.60 Å². The Morgan fingerprint density at radius 1 is 1.22 bits per heavy atom. The predicted molar refractivity (Wildman–Crippen MR) is 74.2 cm³/mol. The van der Waals surface area contributed by atoms with Crippen LogP contribution in [0.2, 0.25) is 0 Å². The molecule has 0 saturated carbocycles. The Hall–Kier alpha value is -0.480. The number of hydrogen-bond acceptors (Lipinski definition) is 3. The van der Waals surface area contributed by atoms with Gasteiger partial charge in [0, 0.05) is 19.6 Å². The van der Waals surface area contributed by atoms with E-state index in [2.05, 4.69) is 5.32 Å². The first-order valence-corrected chi connectivity index (χ1v) is 6.59. The molecule has 2 fully saturated rings. The molecule has 1 amide bonds. The first-order valence-electron chi connectivity index (χ1n) is 6.59. The lowest BCUT2D eigenvalue weighted by atomic mass is 9.78. The van der Waals surface area contributed by atoms with Crippen LogP contribution in [0.4, 0.5) is 4.79 Å². The van der Waals surface area contributed by atoms with Gasteiger partial charge in [-0.3, -0.25) is 0 Å². The Morgan fingerprint density at radius 2 is 1.83 bits per heavy atom. The van der Waals surface area contributed by atoms with Gasteiger partial charge in [0.05, 0.1) is 0 Å². The summed E-state index contributed by atoms with van der Waals surface area (Å²) in [6.07, 6.45) is 3.33. The zero-order valence-corrected chi connectivity index (χ0v) is 12.4. The van der Waals surface area contributed by atoms with Crippen LogP contribution < -0.4 is 5.32 Å². The van der Waals surface area contributed by atoms with Crippen molar-refractivity contribution in [1.29, 1.82) is 0 Å². The number of nitrogens with zero attached hydrogens (tertiary/aromatic N) is 1. The molecular weight excluding hydrogens is 252 g/mol. The number of likely N-dealkylation sites (tertiary alicyclic amines) is 1. The summed E-state index contributed by atoms with van der Waals surface area (Å²) >= 11 is 0. The third-order valence-corrected chi connectivity index (χ3v) is 3.81. The van der Waals surface area contributed by atoms with Crippen LogP contribution in [0.5, 0.6) is 0 Å². The van der Waals surface area contributed by atoms with E-state index in [1.165, 1.54) is 6.42 Å². The lowest BCUT2D eigenvalue weighted by molar-refractivity contribution is 0.0120. The number of nitrogens with one attached hydrogen (secondary N) is 1. The second-order valence-corrected chi connectivity index (χ2v) is 6.39. The molecular formula is C13H25ClN2O2. The Bertz CT molecular complexity index is 286. The molecule has 0 aliphatic carbocycles. The molecule has 0 aromatic rings. The zero-order chi connectivity index (χ0) is 12.5. The highest BCUT2D eigenvalue weighted by atomic mass is 35.5. The van der Waals surface area contributed by atoms with E-state index < -0.39 is 0 Å². The molecule has 18 heavy (non-hydrogen) atoms. The number of carbonyl (C=O) groups is 1. The summed E-state index contributed by atoms with van der Waals surface area (Å²) in [5, 5.41) is 3.43. The van der Waals surface area contributed by atoms with Gasteiger partial charge in [0.2, 0.25) is 0 Å². The van der Waals surface area contributed by atoms with E-state index in [1.807, 2.05) is 25.7 Å². The standard InChI is InChI=1S/C13H24N2O2.ClH/c1-12(2,3)17-11(16)15-8-5-13(6-9-15)4-7-14-10-13;/h14H,4-10H2,1-3H3;1H. The number of carbonyl (C=O) groups excluding carboxylic acids is 1. The fraction of sp³-hybridized carbons (Fsp3) is 0.923. The number of rotatable bonds is 0. The van der Waals surface area contributed by atoms with E-state index >= 15 is 0 Å². The summed E-state index contributed by atoms with van der Waals surface area (Å²) in [5.41, 5.74) is 0.0691. The summed E-state index contributed by atoms with van der Waals surface area (Å²) in [6.45, 7) is 9.68. The first-order chi connectivity index (χ1) is 7.90. The predicted octanol–water partition coefficient (Wildman–Crippen LogP) is 2.42. The maximum absolute atomic E-state index is 11.9. The second kappa shape index (κ2) is 5.66. The van der Waals surface area contributed by atoms with Gasteiger partial charge >= 0.3 is 6.09 Å². The van der Waals surface area contributed by atoms with Crippen molar-refractivity contribution in [3.63, 3.8) is 0 Å². The van der Waals surface area contributed by atoms with E-state index in [1.54, 1.807) is 0 Å². The Balaban J connectivity index is 0.00000162. The number of ether oxygens (including phenoxy) is 1. The van der Waals surface area contributed by atoms with Gasteiger partial charge in [-0.05, 0) is 52.0 Å². The van der Waals surface area contributed by atoms with Crippen molar-refractivity contribution in [2.75, 3.05) is 26.2 Å². The average Bonchev–Trinajstić information content (AvgIpc) is 2.65. The number of hydrogen-bond donors (Lipinski definition) is 1. The van der Waals surface area contributed by atoms with Crippen molar-refractivity contribution < 1.29 is 9.53 Å². The molecule has 2 heterocycles. The summed E-state index contributed by atoms with van der Waals surface area (Å²) in [5.74, 6) is 0. The number of piperidine rings is 1. The Kier molecular flexibility index (Phi) is 4.90. The van der Waals surface area contributed by atoms with Crippen molar-refractivity contribution in [2.45, 2.75) is 45.6 Å². The van der Waals surface area contributed by atoms with Gasteiger partial charge < -0.3 is 15.0 Å². The molecule has 0 aromatic heterocycles. The van der Waals surface area contributed by atoms with Crippen LogP contribution in [0.25, 0.3) is 0 Å². The maximum Gasteiger partial charge on any atom is 0.410 e. The molecule has 0 bridgehead atoms. The highest BCUT2D eigenvalue weighted by molar-refractivity contribution is 5.85. The third-order valence-electron chi connectivity index (χ3n) is 3.81. The Morgan fingerprint density at radius 3 is 2.28 bits per heavy atom. The SMILES string of the molecule is CC(C)(C)OC(=O)N1CCC2(CCNC2)CC1.Cl. The van der Waals surface area contributed by atoms with Gasteiger partial charge in [-0.25, -0.2) is 4.79 Å². The molecule has 0 unspecified atom stereocenters. The highest BCUT2D eigenvalue weighted by Gasteiger charge is 2.38. The van der Waals surface area contributed by atoms with Crippen LogP contribution in [-0.4, -0.2) is 42.8 Å². The van der Waals surface area contributed by atoms with Crippen molar-refractivity contribution in [3.8, 4) is 0 Å². The van der Waals surface area contributed by atoms with Crippen LogP contribution in [0.3, 0.4) is 0 Å². The van der Waals surface area contributed by atoms with Crippen LogP contribution in [-0.2, 0) is 4.74 Å². The largest absolute Gasteiger partial charge is 0.444 e. The molecule has 2 rings (SSSR count). The number of amides is 1. The fourth-order valence-corrected chi connectivity index (χ4v) is 2.71. The highest BCUT2D eigenvalue weighted by Crippen LogP contribution is 2.37. The molecule has 4 nitrogen and oxygen atoms in total. The minimum absolute atomic E-state index is 0. The average molecular weight is 277 g/mol. The van der Waals surface area contributed by atoms with Crippen molar-refractivity contribution in [1.82, 2.24) is 10.2 Å². The molecule has 0 atom stereocenters. The second-order valence-electron chi connectivity index (χ2n) is 6.39. The fourth-order valence-electron chi connectivity index (χ4n) is 2.71. The maximum atomic E-state index is 11.9. The van der Waals surface area contributed by atoms with Crippen molar-refractivity contribution >= 4 is 18.5 Å². The van der Waals surface area contributed by atoms with Gasteiger partial charge in [-0.2, -0.15) is 0 Å². The molecule has 106 valence electrons. The molecule has 5 heteroatoms. The van der Waals surface area contributed by atoms with Gasteiger partial charge in [0.25, 0.3) is 0 Å². The number of halogens is 1. The normalized spacial score (nSPS) is 22.7. The van der Waals surface area contributed by atoms with E-state index in [0.29, 0.717) is 5.41 Å². The van der Waals surface area contributed by atoms with Crippen LogP contribution in [0.1, 0.15) is 40.0 Å². The van der Waals surface area contributed by atoms with E-state index in [9.17, 15) is 4.79 Å². The molecule has 1 spiro atoms. The lowest BCUT2D eigenvalue weighted by Crippen LogP contribution is -2.45. The smallest absolute Gasteiger partial charge is 0.410 e. The molecule has 2 saturated heterocycles. The summed E-state index contributed by atoms with van der Waals surface area (Å²) in [7, 11) is 0.